The Morgan fingerprint density at radius 2 is 1.66 bits per heavy atom. The zero-order valence-corrected chi connectivity index (χ0v) is 16.2. The lowest BCUT2D eigenvalue weighted by atomic mass is 9.93. The Kier molecular flexibility index (Phi) is 5.84. The number of nitrogens with one attached hydrogen (secondary N) is 1. The number of hydrogen-bond donors (Lipinski definition) is 1. The highest BCUT2D eigenvalue weighted by Crippen LogP contribution is 2.36. The number of halogens is 2. The average molecular weight is 419 g/mol. The Morgan fingerprint density at radius 1 is 1.03 bits per heavy atom. The van der Waals surface area contributed by atoms with Crippen molar-refractivity contribution in [3.05, 3.63) is 76.2 Å². The second-order valence-electron chi connectivity index (χ2n) is 5.96. The van der Waals surface area contributed by atoms with Crippen molar-refractivity contribution in [3.63, 3.8) is 0 Å². The van der Waals surface area contributed by atoms with Crippen LogP contribution in [0.4, 0.5) is 14.9 Å². The van der Waals surface area contributed by atoms with E-state index >= 15 is 0 Å². The molecule has 2 amide bonds. The van der Waals surface area contributed by atoms with Crippen LogP contribution < -0.4 is 10.2 Å². The molecule has 150 valence electrons. The van der Waals surface area contributed by atoms with Crippen LogP contribution in [0.5, 0.6) is 0 Å². The van der Waals surface area contributed by atoms with E-state index in [0.29, 0.717) is 5.02 Å². The van der Waals surface area contributed by atoms with Crippen molar-refractivity contribution in [3.8, 4) is 0 Å². The molecule has 1 heterocycles. The van der Waals surface area contributed by atoms with Crippen LogP contribution >= 0.6 is 11.6 Å². The van der Waals surface area contributed by atoms with Crippen molar-refractivity contribution >= 4 is 35.3 Å². The van der Waals surface area contributed by atoms with Gasteiger partial charge in [0.25, 0.3) is 0 Å². The third-order valence-electron chi connectivity index (χ3n) is 4.32. The van der Waals surface area contributed by atoms with Gasteiger partial charge >= 0.3 is 18.0 Å². The molecule has 0 radical (unpaired) electrons. The summed E-state index contributed by atoms with van der Waals surface area (Å²) in [5.41, 5.74) is -0.392. The minimum absolute atomic E-state index is 0.00147. The summed E-state index contributed by atoms with van der Waals surface area (Å²) in [6.07, 6.45) is 0. The van der Waals surface area contributed by atoms with Crippen molar-refractivity contribution in [2.45, 2.75) is 6.04 Å². The first kappa shape index (κ1) is 20.3. The molecule has 1 N–H and O–H groups in total. The number of carbonyl (C=O) groups is 3. The van der Waals surface area contributed by atoms with Gasteiger partial charge in [-0.2, -0.15) is 0 Å². The summed E-state index contributed by atoms with van der Waals surface area (Å²) in [7, 11) is 2.22. The van der Waals surface area contributed by atoms with E-state index in [2.05, 4.69) is 5.32 Å². The molecule has 1 atom stereocenters. The van der Waals surface area contributed by atoms with Crippen LogP contribution in [0, 0.1) is 5.82 Å². The number of benzene rings is 2. The fourth-order valence-corrected chi connectivity index (χ4v) is 3.15. The number of rotatable bonds is 4. The standard InChI is InChI=1S/C20H16ClFN2O5/c1-28-18(25)15-16(13-5-3-4-6-14(13)22)23-20(27)24(17(15)19(26)29-2)12-9-7-11(21)8-10-12/h3-10,16H,1-2H3,(H,23,27). The Morgan fingerprint density at radius 3 is 2.24 bits per heavy atom. The van der Waals surface area contributed by atoms with Crippen molar-refractivity contribution < 1.29 is 28.2 Å². The molecule has 0 fully saturated rings. The molecule has 0 aliphatic carbocycles. The second kappa shape index (κ2) is 8.32. The molecule has 2 aromatic carbocycles. The average Bonchev–Trinajstić information content (AvgIpc) is 2.73. The summed E-state index contributed by atoms with van der Waals surface area (Å²) in [6.45, 7) is 0. The van der Waals surface area contributed by atoms with Gasteiger partial charge in [0, 0.05) is 10.6 Å². The number of ether oxygens (including phenoxy) is 2. The van der Waals surface area contributed by atoms with Gasteiger partial charge in [-0.3, -0.25) is 4.90 Å². The van der Waals surface area contributed by atoms with Gasteiger partial charge in [-0.15, -0.1) is 0 Å². The minimum atomic E-state index is -1.26. The summed E-state index contributed by atoms with van der Waals surface area (Å²) in [5.74, 6) is -2.54. The van der Waals surface area contributed by atoms with Crippen LogP contribution in [-0.4, -0.2) is 32.2 Å². The number of anilines is 1. The van der Waals surface area contributed by atoms with Gasteiger partial charge in [0.05, 0.1) is 31.5 Å². The van der Waals surface area contributed by atoms with Crippen LogP contribution in [0.2, 0.25) is 5.02 Å². The van der Waals surface area contributed by atoms with Gasteiger partial charge < -0.3 is 14.8 Å². The lowest BCUT2D eigenvalue weighted by Crippen LogP contribution is -2.51. The molecule has 0 spiro atoms. The maximum absolute atomic E-state index is 14.4. The van der Waals surface area contributed by atoms with Crippen molar-refractivity contribution in [2.75, 3.05) is 19.1 Å². The Bertz CT molecular complexity index is 1010. The topological polar surface area (TPSA) is 84.9 Å². The lowest BCUT2D eigenvalue weighted by molar-refractivity contribution is -0.139. The zero-order chi connectivity index (χ0) is 21.1. The van der Waals surface area contributed by atoms with E-state index in [1.54, 1.807) is 6.07 Å². The molecule has 0 saturated carbocycles. The van der Waals surface area contributed by atoms with Gasteiger partial charge in [-0.05, 0) is 30.3 Å². The molecule has 0 saturated heterocycles. The third-order valence-corrected chi connectivity index (χ3v) is 4.58. The predicted molar refractivity (Wildman–Crippen MR) is 103 cm³/mol. The van der Waals surface area contributed by atoms with Crippen molar-refractivity contribution in [1.82, 2.24) is 5.32 Å². The highest BCUT2D eigenvalue weighted by Gasteiger charge is 2.43. The number of esters is 2. The fraction of sp³-hybridized carbons (Fsp3) is 0.150. The van der Waals surface area contributed by atoms with Crippen LogP contribution in [-0.2, 0) is 19.1 Å². The molecular weight excluding hydrogens is 403 g/mol. The second-order valence-corrected chi connectivity index (χ2v) is 6.40. The van der Waals surface area contributed by atoms with E-state index in [1.807, 2.05) is 0 Å². The summed E-state index contributed by atoms with van der Waals surface area (Å²) < 4.78 is 24.1. The number of urea groups is 1. The maximum atomic E-state index is 14.4. The summed E-state index contributed by atoms with van der Waals surface area (Å²) in [5, 5.41) is 2.97. The molecule has 2 aromatic rings. The third kappa shape index (κ3) is 3.79. The molecule has 7 nitrogen and oxygen atoms in total. The van der Waals surface area contributed by atoms with E-state index in [9.17, 15) is 18.8 Å². The Balaban J connectivity index is 2.29. The van der Waals surface area contributed by atoms with E-state index < -0.39 is 29.8 Å². The van der Waals surface area contributed by atoms with E-state index in [1.165, 1.54) is 42.5 Å². The molecule has 0 aromatic heterocycles. The molecular formula is C20H16ClFN2O5. The number of nitrogens with zero attached hydrogens (tertiary/aromatic N) is 1. The van der Waals surface area contributed by atoms with E-state index in [0.717, 1.165) is 19.1 Å². The molecule has 3 rings (SSSR count). The number of hydrogen-bond acceptors (Lipinski definition) is 5. The molecule has 9 heteroatoms. The first-order chi connectivity index (χ1) is 13.9. The largest absolute Gasteiger partial charge is 0.466 e. The van der Waals surface area contributed by atoms with Crippen molar-refractivity contribution in [2.24, 2.45) is 0 Å². The molecule has 1 unspecified atom stereocenters. The molecule has 0 bridgehead atoms. The predicted octanol–water partition coefficient (Wildman–Crippen LogP) is 3.35. The van der Waals surface area contributed by atoms with E-state index in [-0.39, 0.29) is 22.5 Å². The normalized spacial score (nSPS) is 16.3. The van der Waals surface area contributed by atoms with Gasteiger partial charge in [-0.25, -0.2) is 18.8 Å². The minimum Gasteiger partial charge on any atom is -0.466 e. The van der Waals surface area contributed by atoms with Gasteiger partial charge in [0.2, 0.25) is 0 Å². The van der Waals surface area contributed by atoms with E-state index in [4.69, 9.17) is 21.1 Å². The quantitative estimate of drug-likeness (QED) is 0.770. The highest BCUT2D eigenvalue weighted by atomic mass is 35.5. The Labute approximate surface area is 170 Å². The number of methoxy groups -OCH3 is 2. The SMILES string of the molecule is COC(=O)C1=C(C(=O)OC)N(c2ccc(Cl)cc2)C(=O)NC1c1ccccc1F. The Hall–Kier alpha value is -3.39. The molecule has 29 heavy (non-hydrogen) atoms. The van der Waals surface area contributed by atoms with Crippen LogP contribution in [0.15, 0.2) is 59.8 Å². The van der Waals surface area contributed by atoms with Gasteiger partial charge in [0.1, 0.15) is 11.5 Å². The number of amides is 2. The summed E-state index contributed by atoms with van der Waals surface area (Å²) in [4.78, 5) is 39.1. The monoisotopic (exact) mass is 418 g/mol. The van der Waals surface area contributed by atoms with Crippen molar-refractivity contribution in [1.29, 1.82) is 0 Å². The fourth-order valence-electron chi connectivity index (χ4n) is 3.02. The summed E-state index contributed by atoms with van der Waals surface area (Å²) >= 11 is 5.90. The lowest BCUT2D eigenvalue weighted by Gasteiger charge is -2.35. The maximum Gasteiger partial charge on any atom is 0.355 e. The highest BCUT2D eigenvalue weighted by molar-refractivity contribution is 6.30. The first-order valence-electron chi connectivity index (χ1n) is 8.40. The smallest absolute Gasteiger partial charge is 0.355 e. The van der Waals surface area contributed by atoms with Crippen LogP contribution in [0.3, 0.4) is 0 Å². The first-order valence-corrected chi connectivity index (χ1v) is 8.78. The van der Waals surface area contributed by atoms with Crippen LogP contribution in [0.1, 0.15) is 11.6 Å². The molecule has 1 aliphatic heterocycles. The molecule has 1 aliphatic rings. The zero-order valence-electron chi connectivity index (χ0n) is 15.4. The number of carbonyl (C=O) groups excluding carboxylic acids is 3. The van der Waals surface area contributed by atoms with Gasteiger partial charge in [0.15, 0.2) is 0 Å². The van der Waals surface area contributed by atoms with Gasteiger partial charge in [-0.1, -0.05) is 29.8 Å². The van der Waals surface area contributed by atoms with Crippen LogP contribution in [0.25, 0.3) is 0 Å². The summed E-state index contributed by atoms with van der Waals surface area (Å²) in [6, 6.07) is 9.58.